The van der Waals surface area contributed by atoms with Crippen molar-refractivity contribution in [3.63, 3.8) is 0 Å². The van der Waals surface area contributed by atoms with Gasteiger partial charge in [0.15, 0.2) is 0 Å². The van der Waals surface area contributed by atoms with Crippen LogP contribution in [0.2, 0.25) is 0 Å². The highest BCUT2D eigenvalue weighted by atomic mass is 16.5. The molecular formula is C16H21NO2. The first kappa shape index (κ1) is 13.5. The van der Waals surface area contributed by atoms with Crippen LogP contribution < -0.4 is 10.1 Å². The van der Waals surface area contributed by atoms with Crippen molar-refractivity contribution >= 4 is 5.69 Å². The minimum atomic E-state index is 0.454. The fourth-order valence-corrected chi connectivity index (χ4v) is 1.63. The smallest absolute Gasteiger partial charge is 0.146 e. The predicted octanol–water partition coefficient (Wildman–Crippen LogP) is 4.32. The van der Waals surface area contributed by atoms with E-state index in [9.17, 15) is 0 Å². The molecule has 3 heteroatoms. The Bertz CT molecular complexity index is 474. The molecule has 0 amide bonds. The van der Waals surface area contributed by atoms with Crippen LogP contribution in [0.5, 0.6) is 5.75 Å². The lowest BCUT2D eigenvalue weighted by atomic mass is 10.1. The Morgan fingerprint density at radius 3 is 2.42 bits per heavy atom. The molecule has 1 N–H and O–H groups in total. The van der Waals surface area contributed by atoms with Crippen LogP contribution in [0.25, 0.3) is 0 Å². The Balaban J connectivity index is 1.87. The number of anilines is 1. The third kappa shape index (κ3) is 4.05. The minimum Gasteiger partial charge on any atom is -0.486 e. The molecule has 102 valence electrons. The van der Waals surface area contributed by atoms with Gasteiger partial charge in [-0.25, -0.2) is 0 Å². The topological polar surface area (TPSA) is 34.4 Å². The maximum absolute atomic E-state index is 5.64. The van der Waals surface area contributed by atoms with Gasteiger partial charge in [0.2, 0.25) is 0 Å². The van der Waals surface area contributed by atoms with Gasteiger partial charge in [-0.3, -0.25) is 0 Å². The van der Waals surface area contributed by atoms with Crippen LogP contribution in [-0.2, 0) is 6.61 Å². The first-order valence-electron chi connectivity index (χ1n) is 6.67. The van der Waals surface area contributed by atoms with Crippen LogP contribution >= 0.6 is 0 Å². The maximum Gasteiger partial charge on any atom is 0.146 e. The Labute approximate surface area is 114 Å². The van der Waals surface area contributed by atoms with Crippen molar-refractivity contribution < 1.29 is 9.15 Å². The second-order valence-corrected chi connectivity index (χ2v) is 5.07. The van der Waals surface area contributed by atoms with Gasteiger partial charge in [-0.05, 0) is 49.2 Å². The van der Waals surface area contributed by atoms with Crippen molar-refractivity contribution in [2.45, 2.75) is 33.4 Å². The molecule has 0 saturated heterocycles. The molecule has 0 bridgehead atoms. The zero-order chi connectivity index (χ0) is 13.7. The fraction of sp³-hybridized carbons (Fsp3) is 0.375. The molecule has 0 radical (unpaired) electrons. The first-order valence-corrected chi connectivity index (χ1v) is 6.67. The predicted molar refractivity (Wildman–Crippen MR) is 77.4 cm³/mol. The molecule has 1 heterocycles. The quantitative estimate of drug-likeness (QED) is 0.839. The summed E-state index contributed by atoms with van der Waals surface area (Å²) in [7, 11) is 0. The molecule has 2 aromatic rings. The van der Waals surface area contributed by atoms with E-state index >= 15 is 0 Å². The monoisotopic (exact) mass is 259 g/mol. The molecule has 1 atom stereocenters. The molecule has 19 heavy (non-hydrogen) atoms. The molecule has 0 aliphatic carbocycles. The van der Waals surface area contributed by atoms with E-state index in [0.29, 0.717) is 18.6 Å². The van der Waals surface area contributed by atoms with Crippen molar-refractivity contribution in [2.24, 2.45) is 5.92 Å². The first-order chi connectivity index (χ1) is 9.15. The van der Waals surface area contributed by atoms with Crippen LogP contribution in [0, 0.1) is 5.92 Å². The summed E-state index contributed by atoms with van der Waals surface area (Å²) < 4.78 is 10.9. The average Bonchev–Trinajstić information content (AvgIpc) is 2.91. The summed E-state index contributed by atoms with van der Waals surface area (Å²) in [6.07, 6.45) is 1.65. The highest BCUT2D eigenvalue weighted by Gasteiger charge is 2.06. The summed E-state index contributed by atoms with van der Waals surface area (Å²) in [5, 5.41) is 3.46. The van der Waals surface area contributed by atoms with Crippen LogP contribution in [-0.4, -0.2) is 6.04 Å². The molecule has 0 aliphatic heterocycles. The number of nitrogens with one attached hydrogen (secondary N) is 1. The van der Waals surface area contributed by atoms with Gasteiger partial charge in [0, 0.05) is 11.7 Å². The van der Waals surface area contributed by atoms with Gasteiger partial charge in [0.1, 0.15) is 18.1 Å². The zero-order valence-corrected chi connectivity index (χ0v) is 11.7. The molecule has 1 unspecified atom stereocenters. The standard InChI is InChI=1S/C16H21NO2/c1-12(2)13(3)17-14-6-8-15(9-7-14)19-11-16-5-4-10-18-16/h4-10,12-13,17H,11H2,1-3H3. The molecule has 0 spiro atoms. The summed E-state index contributed by atoms with van der Waals surface area (Å²) in [6.45, 7) is 7.06. The molecular weight excluding hydrogens is 238 g/mol. The van der Waals surface area contributed by atoms with E-state index in [4.69, 9.17) is 9.15 Å². The van der Waals surface area contributed by atoms with Gasteiger partial charge in [-0.1, -0.05) is 13.8 Å². The summed E-state index contributed by atoms with van der Waals surface area (Å²) in [5.74, 6) is 2.28. The highest BCUT2D eigenvalue weighted by Crippen LogP contribution is 2.19. The molecule has 1 aromatic carbocycles. The van der Waals surface area contributed by atoms with Crippen LogP contribution in [0.3, 0.4) is 0 Å². The molecule has 0 aliphatic rings. The van der Waals surface area contributed by atoms with Crippen LogP contribution in [0.1, 0.15) is 26.5 Å². The van der Waals surface area contributed by atoms with Crippen molar-refractivity contribution in [1.29, 1.82) is 0 Å². The summed E-state index contributed by atoms with van der Waals surface area (Å²) >= 11 is 0. The maximum atomic E-state index is 5.64. The largest absolute Gasteiger partial charge is 0.486 e. The van der Waals surface area contributed by atoms with Crippen LogP contribution in [0.4, 0.5) is 5.69 Å². The van der Waals surface area contributed by atoms with Gasteiger partial charge < -0.3 is 14.5 Å². The van der Waals surface area contributed by atoms with E-state index in [1.54, 1.807) is 6.26 Å². The van der Waals surface area contributed by atoms with Crippen molar-refractivity contribution in [3.05, 3.63) is 48.4 Å². The Morgan fingerprint density at radius 2 is 1.84 bits per heavy atom. The second-order valence-electron chi connectivity index (χ2n) is 5.07. The molecule has 0 fully saturated rings. The van der Waals surface area contributed by atoms with Gasteiger partial charge >= 0.3 is 0 Å². The normalized spacial score (nSPS) is 12.4. The van der Waals surface area contributed by atoms with Crippen molar-refractivity contribution in [3.8, 4) is 5.75 Å². The molecule has 2 rings (SSSR count). The number of furan rings is 1. The van der Waals surface area contributed by atoms with Crippen LogP contribution in [0.15, 0.2) is 47.1 Å². The second kappa shape index (κ2) is 6.32. The molecule has 3 nitrogen and oxygen atoms in total. The Morgan fingerprint density at radius 1 is 1.11 bits per heavy atom. The van der Waals surface area contributed by atoms with Crippen molar-refractivity contribution in [2.75, 3.05) is 5.32 Å². The summed E-state index contributed by atoms with van der Waals surface area (Å²) in [6, 6.07) is 12.2. The zero-order valence-electron chi connectivity index (χ0n) is 11.7. The lowest BCUT2D eigenvalue weighted by Gasteiger charge is -2.18. The van der Waals surface area contributed by atoms with Gasteiger partial charge in [0.05, 0.1) is 6.26 Å². The number of hydrogen-bond acceptors (Lipinski definition) is 3. The number of ether oxygens (including phenoxy) is 1. The molecule has 0 saturated carbocycles. The average molecular weight is 259 g/mol. The summed E-state index contributed by atoms with van der Waals surface area (Å²) in [4.78, 5) is 0. The lowest BCUT2D eigenvalue weighted by molar-refractivity contribution is 0.270. The SMILES string of the molecule is CC(C)C(C)Nc1ccc(OCc2ccco2)cc1. The van der Waals surface area contributed by atoms with E-state index in [0.717, 1.165) is 17.2 Å². The number of benzene rings is 1. The number of rotatable bonds is 6. The minimum absolute atomic E-state index is 0.454. The Hall–Kier alpha value is -1.90. The van der Waals surface area contributed by atoms with Crippen molar-refractivity contribution in [1.82, 2.24) is 0 Å². The fourth-order valence-electron chi connectivity index (χ4n) is 1.63. The van der Waals surface area contributed by atoms with E-state index in [1.165, 1.54) is 0 Å². The van der Waals surface area contributed by atoms with E-state index < -0.39 is 0 Å². The Kier molecular flexibility index (Phi) is 4.50. The highest BCUT2D eigenvalue weighted by molar-refractivity contribution is 5.47. The third-order valence-electron chi connectivity index (χ3n) is 3.21. The molecule has 1 aromatic heterocycles. The van der Waals surface area contributed by atoms with E-state index in [1.807, 2.05) is 36.4 Å². The van der Waals surface area contributed by atoms with Gasteiger partial charge in [-0.2, -0.15) is 0 Å². The van der Waals surface area contributed by atoms with Gasteiger partial charge in [0.25, 0.3) is 0 Å². The van der Waals surface area contributed by atoms with E-state index in [-0.39, 0.29) is 0 Å². The van der Waals surface area contributed by atoms with Gasteiger partial charge in [-0.15, -0.1) is 0 Å². The summed E-state index contributed by atoms with van der Waals surface area (Å²) in [5.41, 5.74) is 1.12. The van der Waals surface area contributed by atoms with E-state index in [2.05, 4.69) is 26.1 Å². The third-order valence-corrected chi connectivity index (χ3v) is 3.21. The lowest BCUT2D eigenvalue weighted by Crippen LogP contribution is -2.21. The number of hydrogen-bond donors (Lipinski definition) is 1.